The molecule has 0 aliphatic carbocycles. The summed E-state index contributed by atoms with van der Waals surface area (Å²) in [5.74, 6) is 0.885. The summed E-state index contributed by atoms with van der Waals surface area (Å²) < 4.78 is 22.8. The lowest BCUT2D eigenvalue weighted by atomic mass is 10.0. The number of rotatable bonds is 23. The Morgan fingerprint density at radius 1 is 0.750 bits per heavy atom. The Morgan fingerprint density at radius 2 is 1.25 bits per heavy atom. The summed E-state index contributed by atoms with van der Waals surface area (Å²) in [5.41, 5.74) is 1.23. The quantitative estimate of drug-likeness (QED) is 0.154. The highest BCUT2D eigenvalue weighted by atomic mass is 32.2. The van der Waals surface area contributed by atoms with E-state index in [-0.39, 0.29) is 6.10 Å². The zero-order chi connectivity index (χ0) is 23.1. The Balaban J connectivity index is 1.78. The van der Waals surface area contributed by atoms with Gasteiger partial charge in [0.15, 0.2) is 0 Å². The molecule has 0 saturated carbocycles. The Labute approximate surface area is 201 Å². The van der Waals surface area contributed by atoms with Crippen LogP contribution in [0.2, 0.25) is 0 Å². The van der Waals surface area contributed by atoms with Crippen molar-refractivity contribution in [2.24, 2.45) is 0 Å². The second kappa shape index (κ2) is 22.1. The number of ether oxygens (including phenoxy) is 2. The molecule has 186 valence electrons. The second-order valence-corrected chi connectivity index (χ2v) is 10.7. The van der Waals surface area contributed by atoms with E-state index in [0.29, 0.717) is 13.2 Å². The second-order valence-electron chi connectivity index (χ2n) is 9.13. The highest BCUT2D eigenvalue weighted by molar-refractivity contribution is 7.84. The van der Waals surface area contributed by atoms with E-state index in [1.54, 1.807) is 0 Å². The molecule has 0 heterocycles. The molecule has 0 radical (unpaired) electrons. The largest absolute Gasteiger partial charge is 0.379 e. The summed E-state index contributed by atoms with van der Waals surface area (Å²) in [6, 6.07) is 10.4. The van der Waals surface area contributed by atoms with Gasteiger partial charge in [-0.1, -0.05) is 114 Å². The molecule has 0 N–H and O–H groups in total. The lowest BCUT2D eigenvalue weighted by Crippen LogP contribution is -2.19. The van der Waals surface area contributed by atoms with E-state index < -0.39 is 10.8 Å². The minimum absolute atomic E-state index is 0.197. The Bertz CT molecular complexity index is 535. The van der Waals surface area contributed by atoms with Crippen molar-refractivity contribution >= 4 is 10.8 Å². The predicted molar refractivity (Wildman–Crippen MR) is 140 cm³/mol. The molecule has 2 atom stereocenters. The fourth-order valence-electron chi connectivity index (χ4n) is 3.92. The van der Waals surface area contributed by atoms with Crippen LogP contribution in [0.4, 0.5) is 0 Å². The predicted octanol–water partition coefficient (Wildman–Crippen LogP) is 7.84. The molecule has 0 aromatic heterocycles. The van der Waals surface area contributed by atoms with E-state index in [4.69, 9.17) is 9.47 Å². The van der Waals surface area contributed by atoms with Crippen LogP contribution in [-0.4, -0.2) is 35.5 Å². The highest BCUT2D eigenvalue weighted by Crippen LogP contribution is 2.13. The molecule has 0 spiro atoms. The Kier molecular flexibility index (Phi) is 20.3. The lowest BCUT2D eigenvalue weighted by molar-refractivity contribution is -0.0269. The van der Waals surface area contributed by atoms with E-state index >= 15 is 0 Å². The van der Waals surface area contributed by atoms with Crippen molar-refractivity contribution < 1.29 is 13.7 Å². The Morgan fingerprint density at radius 3 is 1.75 bits per heavy atom. The molecule has 0 aliphatic heterocycles. The van der Waals surface area contributed by atoms with Crippen LogP contribution in [0.3, 0.4) is 0 Å². The third-order valence-corrected chi connectivity index (χ3v) is 6.92. The van der Waals surface area contributed by atoms with E-state index in [0.717, 1.165) is 25.2 Å². The van der Waals surface area contributed by atoms with E-state index in [1.807, 2.05) is 12.3 Å². The number of unbranched alkanes of at least 4 members (excludes halogenated alkanes) is 13. The van der Waals surface area contributed by atoms with Gasteiger partial charge in [-0.3, -0.25) is 4.21 Å². The summed E-state index contributed by atoms with van der Waals surface area (Å²) >= 11 is 0. The third kappa shape index (κ3) is 18.8. The number of benzene rings is 1. The standard InChI is InChI=1S/C28H50O3S/c1-3-28(31-25-27-21-17-16-18-22-27)26-30-23-19-14-12-10-8-6-4-5-7-9-11-13-15-20-24-32(2)29/h16-18,21-22,28H,3-15,19-20,23-26H2,1-2H3. The topological polar surface area (TPSA) is 35.5 Å². The molecule has 0 aliphatic rings. The molecule has 1 aromatic rings. The van der Waals surface area contributed by atoms with Crippen LogP contribution in [0.1, 0.15) is 109 Å². The molecular weight excluding hydrogens is 416 g/mol. The molecule has 1 rings (SSSR count). The maximum Gasteiger partial charge on any atom is 0.0810 e. The number of hydrogen-bond acceptors (Lipinski definition) is 3. The van der Waals surface area contributed by atoms with Crippen LogP contribution < -0.4 is 0 Å². The molecule has 4 heteroatoms. The first kappa shape index (κ1) is 29.3. The van der Waals surface area contributed by atoms with E-state index in [2.05, 4.69) is 31.2 Å². The van der Waals surface area contributed by atoms with Crippen molar-refractivity contribution in [1.29, 1.82) is 0 Å². The molecule has 0 saturated heterocycles. The number of hydrogen-bond donors (Lipinski definition) is 0. The van der Waals surface area contributed by atoms with Gasteiger partial charge in [0.1, 0.15) is 0 Å². The maximum atomic E-state index is 11.0. The molecule has 0 bridgehead atoms. The van der Waals surface area contributed by atoms with Gasteiger partial charge in [-0.2, -0.15) is 0 Å². The van der Waals surface area contributed by atoms with Crippen LogP contribution in [-0.2, 0) is 26.9 Å². The molecular formula is C28H50O3S. The summed E-state index contributed by atoms with van der Waals surface area (Å²) in [6.45, 7) is 4.41. The summed E-state index contributed by atoms with van der Waals surface area (Å²) in [5, 5.41) is 0. The van der Waals surface area contributed by atoms with Crippen molar-refractivity contribution in [2.75, 3.05) is 25.2 Å². The fraction of sp³-hybridized carbons (Fsp3) is 0.786. The normalized spacial score (nSPS) is 13.3. The molecule has 0 amide bonds. The molecule has 2 unspecified atom stereocenters. The van der Waals surface area contributed by atoms with E-state index in [9.17, 15) is 4.21 Å². The van der Waals surface area contributed by atoms with Gasteiger partial charge in [0, 0.05) is 29.4 Å². The third-order valence-electron chi connectivity index (χ3n) is 6.06. The van der Waals surface area contributed by atoms with Crippen molar-refractivity contribution in [3.8, 4) is 0 Å². The van der Waals surface area contributed by atoms with Gasteiger partial charge < -0.3 is 9.47 Å². The summed E-state index contributed by atoms with van der Waals surface area (Å²) in [6.07, 6.45) is 21.6. The first-order valence-corrected chi connectivity index (χ1v) is 15.0. The van der Waals surface area contributed by atoms with E-state index in [1.165, 1.54) is 89.0 Å². The molecule has 3 nitrogen and oxygen atoms in total. The lowest BCUT2D eigenvalue weighted by Gasteiger charge is -2.16. The molecule has 0 fully saturated rings. The van der Waals surface area contributed by atoms with Crippen LogP contribution in [0.5, 0.6) is 0 Å². The Hall–Kier alpha value is -0.710. The highest BCUT2D eigenvalue weighted by Gasteiger charge is 2.07. The van der Waals surface area contributed by atoms with Gasteiger partial charge >= 0.3 is 0 Å². The monoisotopic (exact) mass is 466 g/mol. The van der Waals surface area contributed by atoms with Crippen LogP contribution in [0, 0.1) is 0 Å². The van der Waals surface area contributed by atoms with Crippen molar-refractivity contribution in [2.45, 2.75) is 116 Å². The van der Waals surface area contributed by atoms with Gasteiger partial charge in [0.2, 0.25) is 0 Å². The minimum atomic E-state index is -0.603. The fourth-order valence-corrected chi connectivity index (χ4v) is 4.53. The average molecular weight is 467 g/mol. The first-order valence-electron chi connectivity index (χ1n) is 13.3. The van der Waals surface area contributed by atoms with Gasteiger partial charge in [-0.15, -0.1) is 0 Å². The van der Waals surface area contributed by atoms with Crippen molar-refractivity contribution in [3.05, 3.63) is 35.9 Å². The minimum Gasteiger partial charge on any atom is -0.379 e. The SMILES string of the molecule is CCC(COCCCCCCCCCCCCCCCCS(C)=O)OCc1ccccc1. The summed E-state index contributed by atoms with van der Waals surface area (Å²) in [4.78, 5) is 0. The smallest absolute Gasteiger partial charge is 0.0810 e. The van der Waals surface area contributed by atoms with Crippen LogP contribution >= 0.6 is 0 Å². The van der Waals surface area contributed by atoms with Crippen molar-refractivity contribution in [1.82, 2.24) is 0 Å². The molecule has 32 heavy (non-hydrogen) atoms. The maximum absolute atomic E-state index is 11.0. The van der Waals surface area contributed by atoms with Crippen LogP contribution in [0.15, 0.2) is 30.3 Å². The van der Waals surface area contributed by atoms with Crippen LogP contribution in [0.25, 0.3) is 0 Å². The van der Waals surface area contributed by atoms with Gasteiger partial charge in [0.05, 0.1) is 19.3 Å². The summed E-state index contributed by atoms with van der Waals surface area (Å²) in [7, 11) is -0.603. The molecule has 1 aromatic carbocycles. The first-order chi connectivity index (χ1) is 15.7. The average Bonchev–Trinajstić information content (AvgIpc) is 2.80. The zero-order valence-corrected chi connectivity index (χ0v) is 21.8. The van der Waals surface area contributed by atoms with Crippen molar-refractivity contribution in [3.63, 3.8) is 0 Å². The van der Waals surface area contributed by atoms with Gasteiger partial charge in [0.25, 0.3) is 0 Å². The zero-order valence-electron chi connectivity index (χ0n) is 21.0. The van der Waals surface area contributed by atoms with Gasteiger partial charge in [-0.05, 0) is 24.8 Å². The van der Waals surface area contributed by atoms with Gasteiger partial charge in [-0.25, -0.2) is 0 Å².